The summed E-state index contributed by atoms with van der Waals surface area (Å²) in [5.74, 6) is -5.00. The van der Waals surface area contributed by atoms with Gasteiger partial charge in [0.15, 0.2) is 0 Å². The highest BCUT2D eigenvalue weighted by Gasteiger charge is 2.43. The lowest BCUT2D eigenvalue weighted by Crippen LogP contribution is -2.39. The predicted molar refractivity (Wildman–Crippen MR) is 75.0 cm³/mol. The van der Waals surface area contributed by atoms with E-state index in [9.17, 15) is 13.6 Å². The number of aryl methyl sites for hydroxylation is 1. The molecule has 0 fully saturated rings. The van der Waals surface area contributed by atoms with E-state index in [2.05, 4.69) is 20.6 Å². The highest BCUT2D eigenvalue weighted by Crippen LogP contribution is 2.27. The van der Waals surface area contributed by atoms with Crippen LogP contribution in [0.2, 0.25) is 0 Å². The van der Waals surface area contributed by atoms with Gasteiger partial charge in [-0.15, -0.1) is 0 Å². The first-order valence-electron chi connectivity index (χ1n) is 6.55. The number of hydrogen-bond acceptors (Lipinski definition) is 3. The van der Waals surface area contributed by atoms with Crippen molar-refractivity contribution in [3.05, 3.63) is 47.9 Å². The number of nitrogens with one attached hydrogen (secondary N) is 2. The fourth-order valence-electron chi connectivity index (χ4n) is 2.19. The number of hydrogen-bond donors (Lipinski definition) is 2. The highest BCUT2D eigenvalue weighted by atomic mass is 19.3. The van der Waals surface area contributed by atoms with Crippen LogP contribution in [0.5, 0.6) is 0 Å². The summed E-state index contributed by atoms with van der Waals surface area (Å²) in [6.45, 7) is 0.00122. The number of benzene rings is 1. The van der Waals surface area contributed by atoms with Gasteiger partial charge in [0.05, 0.1) is 11.7 Å². The minimum absolute atomic E-state index is 0.00122. The lowest BCUT2D eigenvalue weighted by Gasteiger charge is -2.16. The molecule has 0 saturated heterocycles. The Kier molecular flexibility index (Phi) is 3.36. The van der Waals surface area contributed by atoms with Crippen molar-refractivity contribution >= 4 is 16.8 Å². The van der Waals surface area contributed by atoms with Crippen molar-refractivity contribution < 1.29 is 13.6 Å². The number of alkyl halides is 2. The first-order chi connectivity index (χ1) is 10.5. The number of nitrogens with zero attached hydrogens (tertiary/aromatic N) is 3. The van der Waals surface area contributed by atoms with Gasteiger partial charge in [-0.3, -0.25) is 14.6 Å². The molecule has 2 heterocycles. The molecule has 0 spiro atoms. The predicted octanol–water partition coefficient (Wildman–Crippen LogP) is 1.70. The van der Waals surface area contributed by atoms with Crippen molar-refractivity contribution in [1.82, 2.24) is 25.3 Å². The first kappa shape index (κ1) is 14.2. The van der Waals surface area contributed by atoms with E-state index in [0.717, 1.165) is 21.7 Å². The van der Waals surface area contributed by atoms with Gasteiger partial charge in [0.25, 0.3) is 5.91 Å². The third-order valence-corrected chi connectivity index (χ3v) is 3.39. The molecule has 0 bridgehead atoms. The van der Waals surface area contributed by atoms with E-state index in [4.69, 9.17) is 0 Å². The molecular weight excluding hydrogens is 292 g/mol. The van der Waals surface area contributed by atoms with E-state index in [1.807, 2.05) is 0 Å². The summed E-state index contributed by atoms with van der Waals surface area (Å²) >= 11 is 0. The van der Waals surface area contributed by atoms with Gasteiger partial charge in [-0.2, -0.15) is 19.0 Å². The Morgan fingerprint density at radius 1 is 1.41 bits per heavy atom. The topological polar surface area (TPSA) is 75.6 Å². The molecule has 1 amide bonds. The van der Waals surface area contributed by atoms with Gasteiger partial charge in [0.2, 0.25) is 0 Å². The molecule has 0 saturated carbocycles. The molecule has 0 aliphatic carbocycles. The van der Waals surface area contributed by atoms with Crippen molar-refractivity contribution in [3.63, 3.8) is 0 Å². The summed E-state index contributed by atoms with van der Waals surface area (Å²) in [5.41, 5.74) is 1.03. The summed E-state index contributed by atoms with van der Waals surface area (Å²) in [6, 6.07) is 6.43. The number of halogens is 2. The van der Waals surface area contributed by atoms with Crippen molar-refractivity contribution in [2.24, 2.45) is 7.05 Å². The second kappa shape index (κ2) is 5.21. The number of amides is 1. The maximum atomic E-state index is 14.1. The molecule has 2 N–H and O–H groups in total. The van der Waals surface area contributed by atoms with Crippen LogP contribution in [0.3, 0.4) is 0 Å². The lowest BCUT2D eigenvalue weighted by atomic mass is 10.1. The number of rotatable bonds is 4. The normalized spacial score (nSPS) is 11.8. The van der Waals surface area contributed by atoms with E-state index in [1.165, 1.54) is 13.2 Å². The highest BCUT2D eigenvalue weighted by molar-refractivity contribution is 5.84. The molecule has 3 aromatic rings. The fourth-order valence-corrected chi connectivity index (χ4v) is 2.19. The Balaban J connectivity index is 1.72. The monoisotopic (exact) mass is 305 g/mol. The van der Waals surface area contributed by atoms with E-state index in [0.29, 0.717) is 5.56 Å². The zero-order chi connectivity index (χ0) is 15.7. The standard InChI is InChI=1S/C14H13F2N5O/c1-21-12(4-5-19-21)14(15,16)13(22)17-7-9-2-3-10-8-18-20-11(10)6-9/h2-6,8H,7H2,1H3,(H,17,22)(H,18,20). The van der Waals surface area contributed by atoms with Crippen LogP contribution in [0.25, 0.3) is 10.9 Å². The molecular formula is C14H13F2N5O. The third-order valence-electron chi connectivity index (χ3n) is 3.39. The lowest BCUT2D eigenvalue weighted by molar-refractivity contribution is -0.148. The van der Waals surface area contributed by atoms with Gasteiger partial charge >= 0.3 is 5.92 Å². The van der Waals surface area contributed by atoms with Gasteiger partial charge in [-0.1, -0.05) is 12.1 Å². The minimum atomic E-state index is -3.64. The molecule has 114 valence electrons. The second-order valence-corrected chi connectivity index (χ2v) is 4.89. The van der Waals surface area contributed by atoms with E-state index in [-0.39, 0.29) is 6.54 Å². The quantitative estimate of drug-likeness (QED) is 0.770. The molecule has 0 aliphatic heterocycles. The van der Waals surface area contributed by atoms with Gasteiger partial charge < -0.3 is 5.32 Å². The van der Waals surface area contributed by atoms with Gasteiger partial charge in [0.1, 0.15) is 5.69 Å². The first-order valence-corrected chi connectivity index (χ1v) is 6.55. The Morgan fingerprint density at radius 2 is 2.23 bits per heavy atom. The molecule has 8 heteroatoms. The summed E-state index contributed by atoms with van der Waals surface area (Å²) in [6.07, 6.45) is 2.89. The number of aromatic nitrogens is 4. The van der Waals surface area contributed by atoms with Crippen LogP contribution in [0.15, 0.2) is 36.7 Å². The van der Waals surface area contributed by atoms with Crippen molar-refractivity contribution in [2.75, 3.05) is 0 Å². The van der Waals surface area contributed by atoms with Crippen molar-refractivity contribution in [2.45, 2.75) is 12.5 Å². The molecule has 0 unspecified atom stereocenters. The Morgan fingerprint density at radius 3 is 2.95 bits per heavy atom. The molecule has 3 rings (SSSR count). The van der Waals surface area contributed by atoms with Gasteiger partial charge in [0, 0.05) is 25.2 Å². The molecule has 0 atom stereocenters. The average molecular weight is 305 g/mol. The summed E-state index contributed by atoms with van der Waals surface area (Å²) < 4.78 is 29.1. The second-order valence-electron chi connectivity index (χ2n) is 4.89. The Bertz CT molecular complexity index is 823. The zero-order valence-electron chi connectivity index (χ0n) is 11.7. The summed E-state index contributed by atoms with van der Waals surface area (Å²) in [4.78, 5) is 11.8. The zero-order valence-corrected chi connectivity index (χ0v) is 11.7. The Hall–Kier alpha value is -2.77. The van der Waals surface area contributed by atoms with E-state index in [1.54, 1.807) is 24.4 Å². The molecule has 22 heavy (non-hydrogen) atoms. The van der Waals surface area contributed by atoms with Crippen LogP contribution in [0.1, 0.15) is 11.3 Å². The average Bonchev–Trinajstić information content (AvgIpc) is 3.12. The smallest absolute Gasteiger partial charge is 0.346 e. The van der Waals surface area contributed by atoms with Gasteiger partial charge in [-0.05, 0) is 17.7 Å². The Labute approximate surface area is 124 Å². The van der Waals surface area contributed by atoms with Crippen LogP contribution in [0.4, 0.5) is 8.78 Å². The molecule has 1 aromatic carbocycles. The maximum Gasteiger partial charge on any atom is 0.365 e. The van der Waals surface area contributed by atoms with E-state index < -0.39 is 17.5 Å². The number of H-pyrrole nitrogens is 1. The third kappa shape index (κ3) is 2.43. The van der Waals surface area contributed by atoms with Crippen LogP contribution < -0.4 is 5.32 Å². The number of fused-ring (bicyclic) bond motifs is 1. The number of aromatic amines is 1. The van der Waals surface area contributed by atoms with Crippen LogP contribution in [-0.2, 0) is 24.3 Å². The number of carbonyl (C=O) groups excluding carboxylic acids is 1. The summed E-state index contributed by atoms with van der Waals surface area (Å²) in [5, 5.41) is 13.5. The van der Waals surface area contributed by atoms with Crippen LogP contribution >= 0.6 is 0 Å². The number of carbonyl (C=O) groups is 1. The van der Waals surface area contributed by atoms with E-state index >= 15 is 0 Å². The van der Waals surface area contributed by atoms with Gasteiger partial charge in [-0.25, -0.2) is 0 Å². The SMILES string of the molecule is Cn1nccc1C(F)(F)C(=O)NCc1ccc2cn[nH]c2c1. The maximum absolute atomic E-state index is 14.1. The largest absolute Gasteiger partial charge is 0.365 e. The summed E-state index contributed by atoms with van der Waals surface area (Å²) in [7, 11) is 1.36. The fraction of sp³-hybridized carbons (Fsp3) is 0.214. The molecule has 2 aromatic heterocycles. The molecule has 6 nitrogen and oxygen atoms in total. The van der Waals surface area contributed by atoms with Crippen LogP contribution in [-0.4, -0.2) is 25.9 Å². The van der Waals surface area contributed by atoms with Crippen LogP contribution in [0, 0.1) is 0 Å². The van der Waals surface area contributed by atoms with Crippen molar-refractivity contribution in [1.29, 1.82) is 0 Å². The minimum Gasteiger partial charge on any atom is -0.346 e. The molecule has 0 aliphatic rings. The molecule has 0 radical (unpaired) electrons. The van der Waals surface area contributed by atoms with Crippen molar-refractivity contribution in [3.8, 4) is 0 Å².